The van der Waals surface area contributed by atoms with E-state index in [1.54, 1.807) is 19.1 Å². The Kier molecular flexibility index (Phi) is 5.09. The molecule has 0 spiro atoms. The number of rotatable bonds is 5. The first-order chi connectivity index (χ1) is 12.0. The van der Waals surface area contributed by atoms with Crippen LogP contribution < -0.4 is 10.6 Å². The maximum absolute atomic E-state index is 11.5. The third-order valence-corrected chi connectivity index (χ3v) is 4.51. The molecule has 0 unspecified atom stereocenters. The van der Waals surface area contributed by atoms with Crippen molar-refractivity contribution >= 4 is 44.7 Å². The molecule has 3 rings (SSSR count). The van der Waals surface area contributed by atoms with Gasteiger partial charge in [-0.15, -0.1) is 0 Å². The Balaban J connectivity index is 1.78. The van der Waals surface area contributed by atoms with Gasteiger partial charge in [-0.2, -0.15) is 0 Å². The number of halogens is 1. The Labute approximate surface area is 154 Å². The van der Waals surface area contributed by atoms with Crippen LogP contribution in [0.3, 0.4) is 0 Å². The van der Waals surface area contributed by atoms with E-state index in [1.807, 2.05) is 43.3 Å². The van der Waals surface area contributed by atoms with Gasteiger partial charge in [0.15, 0.2) is 5.78 Å². The summed E-state index contributed by atoms with van der Waals surface area (Å²) in [6.07, 6.45) is 1.49. The second kappa shape index (κ2) is 7.44. The summed E-state index contributed by atoms with van der Waals surface area (Å²) in [6, 6.07) is 15.1. The van der Waals surface area contributed by atoms with Gasteiger partial charge in [-0.05, 0) is 43.7 Å². The number of Topliss-reactive ketones (excluding diaryl/α,β-unsaturated/α-hetero) is 1. The lowest BCUT2D eigenvalue weighted by atomic mass is 10.1. The Morgan fingerprint density at radius 1 is 0.960 bits per heavy atom. The Morgan fingerprint density at radius 2 is 1.64 bits per heavy atom. The fraction of sp³-hybridized carbons (Fsp3) is 0.105. The number of carbonyl (C=O) groups is 1. The predicted molar refractivity (Wildman–Crippen MR) is 104 cm³/mol. The fourth-order valence-corrected chi connectivity index (χ4v) is 2.66. The third-order valence-electron chi connectivity index (χ3n) is 3.65. The quantitative estimate of drug-likeness (QED) is 0.577. The van der Waals surface area contributed by atoms with Gasteiger partial charge in [0.1, 0.15) is 18.0 Å². The molecule has 0 aliphatic heterocycles. The number of benzene rings is 2. The molecule has 1 heterocycles. The first-order valence-electron chi connectivity index (χ1n) is 7.74. The van der Waals surface area contributed by atoms with Gasteiger partial charge < -0.3 is 10.6 Å². The Morgan fingerprint density at radius 3 is 2.28 bits per heavy atom. The topological polar surface area (TPSA) is 66.9 Å². The molecule has 0 amide bonds. The van der Waals surface area contributed by atoms with Gasteiger partial charge in [0.2, 0.25) is 0 Å². The summed E-state index contributed by atoms with van der Waals surface area (Å²) in [6.45, 7) is 3.58. The maximum atomic E-state index is 11.5. The predicted octanol–water partition coefficient (Wildman–Crippen LogP) is 5.24. The normalized spacial score (nSPS) is 10.4. The number of aryl methyl sites for hydroxylation is 1. The van der Waals surface area contributed by atoms with Crippen molar-refractivity contribution in [1.29, 1.82) is 0 Å². The molecule has 0 radical (unpaired) electrons. The van der Waals surface area contributed by atoms with Crippen molar-refractivity contribution in [3.8, 4) is 0 Å². The van der Waals surface area contributed by atoms with Gasteiger partial charge in [-0.25, -0.2) is 9.97 Å². The van der Waals surface area contributed by atoms with Gasteiger partial charge in [0.05, 0.1) is 0 Å². The molecule has 126 valence electrons. The molecule has 0 bridgehead atoms. The van der Waals surface area contributed by atoms with E-state index < -0.39 is 0 Å². The molecule has 0 saturated carbocycles. The van der Waals surface area contributed by atoms with Crippen molar-refractivity contribution in [3.05, 3.63) is 70.5 Å². The van der Waals surface area contributed by atoms with Crippen LogP contribution in [0.1, 0.15) is 22.8 Å². The summed E-state index contributed by atoms with van der Waals surface area (Å²) >= 11 is 3.52. The van der Waals surface area contributed by atoms with Crippen molar-refractivity contribution < 1.29 is 4.79 Å². The Bertz CT molecular complexity index is 927. The number of carbonyl (C=O) groups excluding carboxylic acids is 1. The van der Waals surface area contributed by atoms with Crippen molar-refractivity contribution in [3.63, 3.8) is 0 Å². The molecule has 0 aliphatic rings. The molecule has 0 atom stereocenters. The maximum Gasteiger partial charge on any atom is 0.159 e. The highest BCUT2D eigenvalue weighted by molar-refractivity contribution is 9.10. The van der Waals surface area contributed by atoms with Gasteiger partial charge in [0.25, 0.3) is 0 Å². The van der Waals surface area contributed by atoms with E-state index in [9.17, 15) is 4.79 Å². The van der Waals surface area contributed by atoms with E-state index in [0.29, 0.717) is 17.2 Å². The minimum atomic E-state index is 0.0265. The SMILES string of the molecule is CC(=O)c1cccc(Nc2cc(Nc3ccc(C)c(Br)c3)ncn2)c1. The number of nitrogens with zero attached hydrogens (tertiary/aromatic N) is 2. The summed E-state index contributed by atoms with van der Waals surface area (Å²) in [7, 11) is 0. The van der Waals surface area contributed by atoms with Crippen molar-refractivity contribution in [2.24, 2.45) is 0 Å². The molecule has 0 saturated heterocycles. The minimum absolute atomic E-state index is 0.0265. The molecule has 2 aromatic carbocycles. The number of hydrogen-bond donors (Lipinski definition) is 2. The highest BCUT2D eigenvalue weighted by atomic mass is 79.9. The number of anilines is 4. The van der Waals surface area contributed by atoms with Gasteiger partial charge in [-0.3, -0.25) is 4.79 Å². The van der Waals surface area contributed by atoms with Crippen LogP contribution >= 0.6 is 15.9 Å². The first kappa shape index (κ1) is 17.1. The van der Waals surface area contributed by atoms with Crippen LogP contribution in [0.5, 0.6) is 0 Å². The van der Waals surface area contributed by atoms with Gasteiger partial charge in [-0.1, -0.05) is 34.1 Å². The molecule has 2 N–H and O–H groups in total. The Hall–Kier alpha value is -2.73. The van der Waals surface area contributed by atoms with Crippen LogP contribution in [-0.2, 0) is 0 Å². The lowest BCUT2D eigenvalue weighted by Crippen LogP contribution is -2.00. The van der Waals surface area contributed by atoms with Crippen LogP contribution in [-0.4, -0.2) is 15.8 Å². The average molecular weight is 397 g/mol. The van der Waals surface area contributed by atoms with E-state index in [2.05, 4.69) is 36.5 Å². The van der Waals surface area contributed by atoms with E-state index >= 15 is 0 Å². The lowest BCUT2D eigenvalue weighted by Gasteiger charge is -2.10. The standard InChI is InChI=1S/C19H17BrN4O/c1-12-6-7-16(9-17(12)20)24-19-10-18(21-11-22-19)23-15-5-3-4-14(8-15)13(2)25/h3-11H,1-2H3,(H2,21,22,23,24). The summed E-state index contributed by atoms with van der Waals surface area (Å²) in [5, 5.41) is 6.45. The molecule has 0 fully saturated rings. The van der Waals surface area contributed by atoms with Crippen molar-refractivity contribution in [1.82, 2.24) is 9.97 Å². The first-order valence-corrected chi connectivity index (χ1v) is 8.54. The molecule has 0 aliphatic carbocycles. The average Bonchev–Trinajstić information content (AvgIpc) is 2.59. The number of aromatic nitrogens is 2. The molecule has 1 aromatic heterocycles. The van der Waals surface area contributed by atoms with Crippen LogP contribution in [0.15, 0.2) is 59.3 Å². The molecule has 25 heavy (non-hydrogen) atoms. The van der Waals surface area contributed by atoms with Gasteiger partial charge in [0, 0.05) is 27.5 Å². The highest BCUT2D eigenvalue weighted by Crippen LogP contribution is 2.24. The second-order valence-corrected chi connectivity index (χ2v) is 6.49. The summed E-state index contributed by atoms with van der Waals surface area (Å²) < 4.78 is 1.03. The summed E-state index contributed by atoms with van der Waals surface area (Å²) in [5.41, 5.74) is 3.55. The van der Waals surface area contributed by atoms with Crippen LogP contribution in [0, 0.1) is 6.92 Å². The van der Waals surface area contributed by atoms with E-state index in [1.165, 1.54) is 11.9 Å². The monoisotopic (exact) mass is 396 g/mol. The second-order valence-electron chi connectivity index (χ2n) is 5.64. The molecular weight excluding hydrogens is 380 g/mol. The number of hydrogen-bond acceptors (Lipinski definition) is 5. The van der Waals surface area contributed by atoms with Crippen LogP contribution in [0.4, 0.5) is 23.0 Å². The zero-order valence-electron chi connectivity index (χ0n) is 13.9. The smallest absolute Gasteiger partial charge is 0.159 e. The van der Waals surface area contributed by atoms with Crippen molar-refractivity contribution in [2.75, 3.05) is 10.6 Å². The molecular formula is C19H17BrN4O. The van der Waals surface area contributed by atoms with Gasteiger partial charge >= 0.3 is 0 Å². The van der Waals surface area contributed by atoms with Crippen molar-refractivity contribution in [2.45, 2.75) is 13.8 Å². The number of ketones is 1. The molecule has 6 heteroatoms. The largest absolute Gasteiger partial charge is 0.340 e. The van der Waals surface area contributed by atoms with Crippen LogP contribution in [0.25, 0.3) is 0 Å². The minimum Gasteiger partial charge on any atom is -0.340 e. The zero-order chi connectivity index (χ0) is 17.8. The summed E-state index contributed by atoms with van der Waals surface area (Å²) in [4.78, 5) is 20.0. The lowest BCUT2D eigenvalue weighted by molar-refractivity contribution is 0.101. The summed E-state index contributed by atoms with van der Waals surface area (Å²) in [5.74, 6) is 1.35. The molecule has 5 nitrogen and oxygen atoms in total. The van der Waals surface area contributed by atoms with E-state index in [4.69, 9.17) is 0 Å². The third kappa shape index (κ3) is 4.42. The van der Waals surface area contributed by atoms with E-state index in [-0.39, 0.29) is 5.78 Å². The van der Waals surface area contributed by atoms with Crippen LogP contribution in [0.2, 0.25) is 0 Å². The fourth-order valence-electron chi connectivity index (χ4n) is 2.28. The number of nitrogens with one attached hydrogen (secondary N) is 2. The zero-order valence-corrected chi connectivity index (χ0v) is 15.5. The van der Waals surface area contributed by atoms with E-state index in [0.717, 1.165) is 15.8 Å². The molecule has 3 aromatic rings. The highest BCUT2D eigenvalue weighted by Gasteiger charge is 2.04.